The Balaban J connectivity index is 1.95. The predicted molar refractivity (Wildman–Crippen MR) is 81.1 cm³/mol. The van der Waals surface area contributed by atoms with Gasteiger partial charge >= 0.3 is 0 Å². The highest BCUT2D eigenvalue weighted by Crippen LogP contribution is 2.31. The molecule has 114 valence electrons. The van der Waals surface area contributed by atoms with E-state index >= 15 is 0 Å². The highest BCUT2D eigenvalue weighted by atomic mass is 16.2. The number of nitrogens with zero attached hydrogens (tertiary/aromatic N) is 5. The van der Waals surface area contributed by atoms with Gasteiger partial charge in [-0.15, -0.1) is 0 Å². The molecule has 6 nitrogen and oxygen atoms in total. The van der Waals surface area contributed by atoms with Crippen LogP contribution in [0, 0.1) is 0 Å². The molecule has 0 saturated carbocycles. The number of carbonyl (C=O) groups excluding carboxylic acids is 1. The normalized spacial score (nSPS) is 22.2. The van der Waals surface area contributed by atoms with E-state index in [0.29, 0.717) is 0 Å². The van der Waals surface area contributed by atoms with Crippen molar-refractivity contribution < 1.29 is 4.79 Å². The summed E-state index contributed by atoms with van der Waals surface area (Å²) in [4.78, 5) is 27.5. The summed E-state index contributed by atoms with van der Waals surface area (Å²) in [7, 11) is 5.76. The summed E-state index contributed by atoms with van der Waals surface area (Å²) in [5, 5.41) is 0. The van der Waals surface area contributed by atoms with Gasteiger partial charge in [0.2, 0.25) is 5.91 Å². The lowest BCUT2D eigenvalue weighted by atomic mass is 10.1. The lowest BCUT2D eigenvalue weighted by Gasteiger charge is -2.32. The molecule has 1 amide bonds. The molecular formula is C15H23N5O. The van der Waals surface area contributed by atoms with Gasteiger partial charge in [0.25, 0.3) is 0 Å². The van der Waals surface area contributed by atoms with Crippen molar-refractivity contribution in [3.05, 3.63) is 17.6 Å². The zero-order chi connectivity index (χ0) is 15.0. The van der Waals surface area contributed by atoms with Crippen LogP contribution in [0.3, 0.4) is 0 Å². The van der Waals surface area contributed by atoms with Crippen LogP contribution < -0.4 is 4.90 Å². The summed E-state index contributed by atoms with van der Waals surface area (Å²) in [6, 6.07) is -0.0776. The van der Waals surface area contributed by atoms with Crippen molar-refractivity contribution in [2.75, 3.05) is 39.1 Å². The third kappa shape index (κ3) is 2.60. The number of likely N-dealkylation sites (N-methyl/N-ethyl adjacent to an activating group) is 2. The summed E-state index contributed by atoms with van der Waals surface area (Å²) in [6.07, 6.45) is 4.56. The van der Waals surface area contributed by atoms with Gasteiger partial charge < -0.3 is 14.7 Å². The Bertz CT molecular complexity index is 545. The molecule has 1 fully saturated rings. The van der Waals surface area contributed by atoms with Crippen molar-refractivity contribution in [2.24, 2.45) is 0 Å². The van der Waals surface area contributed by atoms with Gasteiger partial charge in [-0.05, 0) is 19.9 Å². The van der Waals surface area contributed by atoms with Crippen molar-refractivity contribution in [1.82, 2.24) is 19.8 Å². The van der Waals surface area contributed by atoms with E-state index in [1.165, 1.54) is 5.56 Å². The molecule has 1 saturated heterocycles. The van der Waals surface area contributed by atoms with Gasteiger partial charge in [0, 0.05) is 45.7 Å². The van der Waals surface area contributed by atoms with E-state index in [-0.39, 0.29) is 11.9 Å². The first kappa shape index (κ1) is 14.3. The molecule has 2 aliphatic rings. The fraction of sp³-hybridized carbons (Fsp3) is 0.667. The number of amides is 1. The van der Waals surface area contributed by atoms with Crippen molar-refractivity contribution in [1.29, 1.82) is 0 Å². The minimum atomic E-state index is -0.0776. The van der Waals surface area contributed by atoms with Crippen molar-refractivity contribution in [3.8, 4) is 0 Å². The lowest BCUT2D eigenvalue weighted by molar-refractivity contribution is -0.129. The first-order chi connectivity index (χ1) is 10.1. The molecule has 6 heteroatoms. The van der Waals surface area contributed by atoms with E-state index in [1.54, 1.807) is 11.2 Å². The van der Waals surface area contributed by atoms with E-state index in [2.05, 4.69) is 26.8 Å². The molecule has 1 aromatic heterocycles. The topological polar surface area (TPSA) is 52.6 Å². The molecule has 2 aliphatic heterocycles. The van der Waals surface area contributed by atoms with Crippen LogP contribution in [-0.4, -0.2) is 65.9 Å². The second-order valence-electron chi connectivity index (χ2n) is 6.19. The smallest absolute Gasteiger partial charge is 0.244 e. The second kappa shape index (κ2) is 5.60. The Morgan fingerprint density at radius 3 is 2.90 bits per heavy atom. The van der Waals surface area contributed by atoms with Gasteiger partial charge in [-0.1, -0.05) is 0 Å². The Hall–Kier alpha value is -1.69. The molecule has 0 bridgehead atoms. The molecule has 0 aromatic carbocycles. The van der Waals surface area contributed by atoms with Gasteiger partial charge in [0.1, 0.15) is 18.2 Å². The Morgan fingerprint density at radius 1 is 1.33 bits per heavy atom. The predicted octanol–water partition coefficient (Wildman–Crippen LogP) is 0.522. The fourth-order valence-corrected chi connectivity index (χ4v) is 3.28. The van der Waals surface area contributed by atoms with Crippen LogP contribution in [0.1, 0.15) is 24.1 Å². The number of fused-ring (bicyclic) bond motifs is 1. The molecule has 3 heterocycles. The molecule has 21 heavy (non-hydrogen) atoms. The minimum absolute atomic E-state index is 0.0776. The molecule has 1 aromatic rings. The molecule has 0 N–H and O–H groups in total. The molecule has 0 aliphatic carbocycles. The van der Waals surface area contributed by atoms with Gasteiger partial charge in [0.05, 0.1) is 5.69 Å². The maximum atomic E-state index is 12.4. The molecule has 0 spiro atoms. The number of rotatable bonds is 2. The average Bonchev–Trinajstić information content (AvgIpc) is 2.94. The number of hydrogen-bond acceptors (Lipinski definition) is 5. The van der Waals surface area contributed by atoms with E-state index in [9.17, 15) is 4.79 Å². The van der Waals surface area contributed by atoms with Crippen LogP contribution in [0.5, 0.6) is 0 Å². The molecule has 0 unspecified atom stereocenters. The molecular weight excluding hydrogens is 266 g/mol. The van der Waals surface area contributed by atoms with E-state index < -0.39 is 0 Å². The highest BCUT2D eigenvalue weighted by Gasteiger charge is 2.35. The quantitative estimate of drug-likeness (QED) is 0.794. The molecule has 1 atom stereocenters. The number of carbonyl (C=O) groups is 1. The Kier molecular flexibility index (Phi) is 3.80. The zero-order valence-electron chi connectivity index (χ0n) is 13.0. The van der Waals surface area contributed by atoms with Crippen LogP contribution in [0.15, 0.2) is 6.33 Å². The summed E-state index contributed by atoms with van der Waals surface area (Å²) < 4.78 is 0. The van der Waals surface area contributed by atoms with Crippen LogP contribution in [0.4, 0.5) is 5.82 Å². The van der Waals surface area contributed by atoms with Gasteiger partial charge in [0.15, 0.2) is 0 Å². The van der Waals surface area contributed by atoms with Gasteiger partial charge in [-0.25, -0.2) is 9.97 Å². The van der Waals surface area contributed by atoms with Gasteiger partial charge in [-0.2, -0.15) is 0 Å². The first-order valence-electron chi connectivity index (χ1n) is 7.57. The summed E-state index contributed by atoms with van der Waals surface area (Å²) in [6.45, 7) is 2.80. The maximum Gasteiger partial charge on any atom is 0.244 e. The van der Waals surface area contributed by atoms with Crippen LogP contribution >= 0.6 is 0 Å². The van der Waals surface area contributed by atoms with Crippen LogP contribution in [0.25, 0.3) is 0 Å². The van der Waals surface area contributed by atoms with Gasteiger partial charge in [-0.3, -0.25) is 4.79 Å². The lowest BCUT2D eigenvalue weighted by Crippen LogP contribution is -2.44. The standard InChI is InChI=1S/C15H23N5O/c1-18(2)15(21)13-5-4-7-20(13)14-11-9-19(3)8-6-12(11)16-10-17-14/h10,13H,4-9H2,1-3H3/t13-/m1/s1. The minimum Gasteiger partial charge on any atom is -0.347 e. The fourth-order valence-electron chi connectivity index (χ4n) is 3.28. The summed E-state index contributed by atoms with van der Waals surface area (Å²) >= 11 is 0. The largest absolute Gasteiger partial charge is 0.347 e. The van der Waals surface area contributed by atoms with Crippen LogP contribution in [0.2, 0.25) is 0 Å². The van der Waals surface area contributed by atoms with Crippen molar-refractivity contribution >= 4 is 11.7 Å². The molecule has 0 radical (unpaired) electrons. The zero-order valence-corrected chi connectivity index (χ0v) is 13.0. The Labute approximate surface area is 125 Å². The van der Waals surface area contributed by atoms with E-state index in [0.717, 1.165) is 50.4 Å². The summed E-state index contributed by atoms with van der Waals surface area (Å²) in [5.41, 5.74) is 2.34. The number of aromatic nitrogens is 2. The van der Waals surface area contributed by atoms with E-state index in [4.69, 9.17) is 0 Å². The number of hydrogen-bond donors (Lipinski definition) is 0. The SMILES string of the molecule is CN1CCc2ncnc(N3CCC[C@@H]3C(=O)N(C)C)c2C1. The van der Waals surface area contributed by atoms with E-state index in [1.807, 2.05) is 14.1 Å². The van der Waals surface area contributed by atoms with Crippen LogP contribution in [-0.2, 0) is 17.8 Å². The Morgan fingerprint density at radius 2 is 2.14 bits per heavy atom. The second-order valence-corrected chi connectivity index (χ2v) is 6.19. The average molecular weight is 289 g/mol. The third-order valence-corrected chi connectivity index (χ3v) is 4.42. The highest BCUT2D eigenvalue weighted by molar-refractivity contribution is 5.85. The number of anilines is 1. The molecule has 3 rings (SSSR count). The maximum absolute atomic E-state index is 12.4. The monoisotopic (exact) mass is 289 g/mol. The van der Waals surface area contributed by atoms with Crippen molar-refractivity contribution in [3.63, 3.8) is 0 Å². The van der Waals surface area contributed by atoms with Crippen molar-refractivity contribution in [2.45, 2.75) is 31.8 Å². The third-order valence-electron chi connectivity index (χ3n) is 4.42. The summed E-state index contributed by atoms with van der Waals surface area (Å²) in [5.74, 6) is 1.13. The first-order valence-corrected chi connectivity index (χ1v) is 7.57.